The molecule has 3 aromatic rings. The lowest BCUT2D eigenvalue weighted by molar-refractivity contribution is -0.178. The zero-order chi connectivity index (χ0) is 21.4. The number of benzene rings is 1. The Kier molecular flexibility index (Phi) is 5.19. The van der Waals surface area contributed by atoms with Gasteiger partial charge in [0.2, 0.25) is 5.91 Å². The van der Waals surface area contributed by atoms with Crippen molar-refractivity contribution in [3.8, 4) is 0 Å². The number of pyridine rings is 1. The van der Waals surface area contributed by atoms with E-state index in [0.29, 0.717) is 19.5 Å². The summed E-state index contributed by atoms with van der Waals surface area (Å²) in [5.41, 5.74) is 3.12. The van der Waals surface area contributed by atoms with Gasteiger partial charge in [-0.2, -0.15) is 0 Å². The maximum absolute atomic E-state index is 12.9. The molecule has 0 bridgehead atoms. The average molecular weight is 418 g/mol. The number of methoxy groups -OCH3 is 1. The van der Waals surface area contributed by atoms with Crippen molar-refractivity contribution >= 4 is 22.7 Å². The Morgan fingerprint density at radius 1 is 1.16 bits per heavy atom. The molecule has 2 aliphatic heterocycles. The van der Waals surface area contributed by atoms with E-state index in [2.05, 4.69) is 9.97 Å². The van der Waals surface area contributed by atoms with E-state index in [4.69, 9.17) is 4.74 Å². The molecule has 2 aliphatic rings. The molecule has 2 amide bonds. The lowest BCUT2D eigenvalue weighted by Gasteiger charge is -2.52. The molecule has 2 saturated heterocycles. The number of H-pyrrole nitrogens is 1. The molecule has 5 rings (SSSR count). The number of fused-ring (bicyclic) bond motifs is 1. The third-order valence-electron chi connectivity index (χ3n) is 6.61. The number of carbonyl (C=O) groups is 2. The molecule has 4 heterocycles. The van der Waals surface area contributed by atoms with Gasteiger partial charge in [-0.05, 0) is 42.2 Å². The molecule has 2 atom stereocenters. The molecule has 0 spiro atoms. The molecule has 0 aliphatic carbocycles. The molecule has 1 aromatic carbocycles. The van der Waals surface area contributed by atoms with E-state index in [0.717, 1.165) is 34.9 Å². The number of carbonyl (C=O) groups excluding carboxylic acids is 2. The van der Waals surface area contributed by atoms with E-state index >= 15 is 0 Å². The number of piperidine rings is 1. The Morgan fingerprint density at radius 2 is 1.90 bits per heavy atom. The summed E-state index contributed by atoms with van der Waals surface area (Å²) < 4.78 is 5.46. The Morgan fingerprint density at radius 3 is 2.65 bits per heavy atom. The van der Waals surface area contributed by atoms with E-state index in [-0.39, 0.29) is 23.9 Å². The maximum Gasteiger partial charge on any atom is 0.255 e. The van der Waals surface area contributed by atoms with Crippen molar-refractivity contribution in [2.45, 2.75) is 37.5 Å². The molecule has 2 fully saturated rings. The van der Waals surface area contributed by atoms with Gasteiger partial charge in [0.15, 0.2) is 6.10 Å². The smallest absolute Gasteiger partial charge is 0.255 e. The molecule has 0 radical (unpaired) electrons. The van der Waals surface area contributed by atoms with Crippen LogP contribution in [0.2, 0.25) is 0 Å². The highest BCUT2D eigenvalue weighted by Gasteiger charge is 2.51. The molecule has 160 valence electrons. The van der Waals surface area contributed by atoms with Gasteiger partial charge in [0.1, 0.15) is 0 Å². The molecular formula is C24H26N4O3. The number of hydrogen-bond acceptors (Lipinski definition) is 4. The van der Waals surface area contributed by atoms with Crippen molar-refractivity contribution in [2.75, 3.05) is 20.2 Å². The van der Waals surface area contributed by atoms with Crippen molar-refractivity contribution in [3.63, 3.8) is 0 Å². The first-order valence-electron chi connectivity index (χ1n) is 10.7. The number of β-lactam (4-membered cyclic amide) rings is 1. The van der Waals surface area contributed by atoms with Gasteiger partial charge in [-0.25, -0.2) is 0 Å². The van der Waals surface area contributed by atoms with E-state index in [1.807, 2.05) is 52.4 Å². The summed E-state index contributed by atoms with van der Waals surface area (Å²) in [5.74, 6) is 0.173. The minimum atomic E-state index is -0.441. The van der Waals surface area contributed by atoms with Gasteiger partial charge in [-0.3, -0.25) is 14.6 Å². The quantitative estimate of drug-likeness (QED) is 0.646. The van der Waals surface area contributed by atoms with Crippen molar-refractivity contribution in [1.29, 1.82) is 0 Å². The fourth-order valence-corrected chi connectivity index (χ4v) is 4.96. The van der Waals surface area contributed by atoms with Crippen LogP contribution in [0, 0.1) is 0 Å². The van der Waals surface area contributed by atoms with Gasteiger partial charge in [0, 0.05) is 55.7 Å². The first-order valence-corrected chi connectivity index (χ1v) is 10.7. The molecule has 31 heavy (non-hydrogen) atoms. The number of nitrogens with zero attached hydrogens (tertiary/aromatic N) is 3. The number of aromatic amines is 1. The molecular weight excluding hydrogens is 392 g/mol. The van der Waals surface area contributed by atoms with Crippen LogP contribution in [0.4, 0.5) is 0 Å². The second-order valence-electron chi connectivity index (χ2n) is 8.28. The molecule has 7 heteroatoms. The monoisotopic (exact) mass is 418 g/mol. The number of para-hydroxylation sites is 1. The fourth-order valence-electron chi connectivity index (χ4n) is 4.96. The highest BCUT2D eigenvalue weighted by Crippen LogP contribution is 2.40. The first-order chi connectivity index (χ1) is 15.2. The van der Waals surface area contributed by atoms with Gasteiger partial charge in [-0.15, -0.1) is 0 Å². The number of likely N-dealkylation sites (tertiary alicyclic amines) is 2. The molecule has 7 nitrogen and oxygen atoms in total. The van der Waals surface area contributed by atoms with Gasteiger partial charge in [0.05, 0.1) is 12.5 Å². The Labute approximate surface area is 181 Å². The molecule has 0 unspecified atom stereocenters. The predicted molar refractivity (Wildman–Crippen MR) is 116 cm³/mol. The van der Waals surface area contributed by atoms with Crippen LogP contribution in [0.3, 0.4) is 0 Å². The lowest BCUT2D eigenvalue weighted by Crippen LogP contribution is -2.64. The fraction of sp³-hybridized carbons (Fsp3) is 0.375. The molecule has 2 aromatic heterocycles. The predicted octanol–water partition coefficient (Wildman–Crippen LogP) is 2.69. The highest BCUT2D eigenvalue weighted by molar-refractivity contribution is 5.90. The van der Waals surface area contributed by atoms with Crippen LogP contribution < -0.4 is 0 Å². The van der Waals surface area contributed by atoms with Crippen molar-refractivity contribution in [1.82, 2.24) is 19.8 Å². The summed E-state index contributed by atoms with van der Waals surface area (Å²) in [5, 5.41) is 1.10. The molecule has 0 saturated carbocycles. The van der Waals surface area contributed by atoms with Crippen LogP contribution in [-0.4, -0.2) is 63.9 Å². The lowest BCUT2D eigenvalue weighted by atomic mass is 9.86. The van der Waals surface area contributed by atoms with Crippen LogP contribution in [0.1, 0.15) is 30.0 Å². The zero-order valence-electron chi connectivity index (χ0n) is 17.5. The second-order valence-corrected chi connectivity index (χ2v) is 8.28. The van der Waals surface area contributed by atoms with E-state index in [1.54, 1.807) is 19.5 Å². The number of hydrogen-bond donors (Lipinski definition) is 1. The summed E-state index contributed by atoms with van der Waals surface area (Å²) in [6.07, 6.45) is 6.93. The molecule has 1 N–H and O–H groups in total. The normalized spacial score (nSPS) is 22.0. The Hall–Kier alpha value is -3.19. The first kappa shape index (κ1) is 19.8. The van der Waals surface area contributed by atoms with E-state index in [1.165, 1.54) is 0 Å². The highest BCUT2D eigenvalue weighted by atomic mass is 16.5. The van der Waals surface area contributed by atoms with Gasteiger partial charge < -0.3 is 19.5 Å². The Bertz CT molecular complexity index is 1090. The standard InChI is InChI=1S/C24H26N4O3/c1-31-23-22(16-6-10-25-11-7-16)28(24(23)30)18-8-12-27(13-9-18)21(29)14-17-15-26-20-5-3-2-4-19(17)20/h2-7,10-11,15,18,22-23,26H,8-9,12-14H2,1H3/t22-,23+/m0/s1. The van der Waals surface area contributed by atoms with Gasteiger partial charge in [-0.1, -0.05) is 18.2 Å². The largest absolute Gasteiger partial charge is 0.369 e. The number of ether oxygens (including phenoxy) is 1. The van der Waals surface area contributed by atoms with E-state index in [9.17, 15) is 9.59 Å². The van der Waals surface area contributed by atoms with Crippen molar-refractivity contribution < 1.29 is 14.3 Å². The van der Waals surface area contributed by atoms with Crippen molar-refractivity contribution in [2.24, 2.45) is 0 Å². The number of aromatic nitrogens is 2. The SMILES string of the molecule is CO[C@H]1C(=O)N(C2CCN(C(=O)Cc3c[nH]c4ccccc34)CC2)[C@H]1c1ccncc1. The topological polar surface area (TPSA) is 78.5 Å². The van der Waals surface area contributed by atoms with Gasteiger partial charge in [0.25, 0.3) is 5.91 Å². The van der Waals surface area contributed by atoms with Crippen LogP contribution >= 0.6 is 0 Å². The number of rotatable bonds is 5. The number of amides is 2. The van der Waals surface area contributed by atoms with E-state index < -0.39 is 6.10 Å². The van der Waals surface area contributed by atoms with Gasteiger partial charge >= 0.3 is 0 Å². The van der Waals surface area contributed by atoms with Crippen LogP contribution in [0.5, 0.6) is 0 Å². The summed E-state index contributed by atoms with van der Waals surface area (Å²) in [6.45, 7) is 1.33. The van der Waals surface area contributed by atoms with Crippen LogP contribution in [-0.2, 0) is 20.7 Å². The maximum atomic E-state index is 12.9. The summed E-state index contributed by atoms with van der Waals surface area (Å²) >= 11 is 0. The third kappa shape index (κ3) is 3.49. The Balaban J connectivity index is 1.23. The van der Waals surface area contributed by atoms with Crippen LogP contribution in [0.25, 0.3) is 10.9 Å². The summed E-state index contributed by atoms with van der Waals surface area (Å²) in [6, 6.07) is 12.0. The number of nitrogens with one attached hydrogen (secondary N) is 1. The summed E-state index contributed by atoms with van der Waals surface area (Å²) in [7, 11) is 1.58. The van der Waals surface area contributed by atoms with Crippen molar-refractivity contribution in [3.05, 3.63) is 66.1 Å². The minimum absolute atomic E-state index is 0.0351. The summed E-state index contributed by atoms with van der Waals surface area (Å²) in [4.78, 5) is 36.8. The third-order valence-corrected chi connectivity index (χ3v) is 6.61. The minimum Gasteiger partial charge on any atom is -0.369 e. The second kappa shape index (κ2) is 8.15. The zero-order valence-corrected chi connectivity index (χ0v) is 17.5. The van der Waals surface area contributed by atoms with Crippen LogP contribution in [0.15, 0.2) is 55.0 Å². The average Bonchev–Trinajstić information content (AvgIpc) is 3.21.